The molecule has 1 N–H and O–H groups in total. The van der Waals surface area contributed by atoms with Gasteiger partial charge >= 0.3 is 0 Å². The van der Waals surface area contributed by atoms with E-state index >= 15 is 0 Å². The Labute approximate surface area is 118 Å². The van der Waals surface area contributed by atoms with E-state index in [1.165, 1.54) is 6.20 Å². The van der Waals surface area contributed by atoms with Crippen molar-refractivity contribution in [3.63, 3.8) is 0 Å². The molecule has 5 heteroatoms. The number of carbonyl (C=O) groups is 1. The van der Waals surface area contributed by atoms with Crippen molar-refractivity contribution in [2.75, 3.05) is 23.8 Å². The van der Waals surface area contributed by atoms with Crippen LogP contribution < -0.4 is 10.2 Å². The number of nitrogens with zero attached hydrogens (tertiary/aromatic N) is 3. The largest absolute Gasteiger partial charge is 0.369 e. The van der Waals surface area contributed by atoms with E-state index in [1.807, 2.05) is 38.1 Å². The lowest BCUT2D eigenvalue weighted by molar-refractivity contribution is 0.0988. The maximum atomic E-state index is 12.4. The number of carbonyl (C=O) groups excluding carboxylic acids is 1. The fourth-order valence-corrected chi connectivity index (χ4v) is 1.96. The van der Waals surface area contributed by atoms with Crippen LogP contribution in [0.3, 0.4) is 0 Å². The predicted molar refractivity (Wildman–Crippen MR) is 80.1 cm³/mol. The van der Waals surface area contributed by atoms with Crippen LogP contribution in [-0.4, -0.2) is 29.5 Å². The lowest BCUT2D eigenvalue weighted by atomic mass is 10.2. The van der Waals surface area contributed by atoms with Gasteiger partial charge in [-0.1, -0.05) is 18.2 Å². The van der Waals surface area contributed by atoms with Gasteiger partial charge in [-0.15, -0.1) is 0 Å². The molecule has 20 heavy (non-hydrogen) atoms. The molecule has 1 heterocycles. The molecule has 0 bridgehead atoms. The average molecular weight is 270 g/mol. The summed E-state index contributed by atoms with van der Waals surface area (Å²) in [7, 11) is 1.74. The second kappa shape index (κ2) is 6.14. The summed E-state index contributed by atoms with van der Waals surface area (Å²) in [5.74, 6) is 0.433. The van der Waals surface area contributed by atoms with Crippen LogP contribution in [0, 0.1) is 6.92 Å². The fourth-order valence-electron chi connectivity index (χ4n) is 1.96. The number of hydrogen-bond acceptors (Lipinski definition) is 4. The van der Waals surface area contributed by atoms with E-state index in [1.54, 1.807) is 18.1 Å². The van der Waals surface area contributed by atoms with Gasteiger partial charge in [0.1, 0.15) is 11.5 Å². The Hall–Kier alpha value is -2.43. The average Bonchev–Trinajstić information content (AvgIpc) is 2.47. The Morgan fingerprint density at radius 1 is 1.30 bits per heavy atom. The summed E-state index contributed by atoms with van der Waals surface area (Å²) in [6.45, 7) is 4.68. The van der Waals surface area contributed by atoms with Gasteiger partial charge in [0.2, 0.25) is 0 Å². The summed E-state index contributed by atoms with van der Waals surface area (Å²) in [5, 5.41) is 3.05. The number of aromatic nitrogens is 2. The van der Waals surface area contributed by atoms with Crippen LogP contribution in [0.1, 0.15) is 23.0 Å². The van der Waals surface area contributed by atoms with Gasteiger partial charge in [0, 0.05) is 19.3 Å². The third-order valence-electron chi connectivity index (χ3n) is 2.99. The van der Waals surface area contributed by atoms with Crippen molar-refractivity contribution in [3.8, 4) is 0 Å². The molecule has 1 aromatic heterocycles. The van der Waals surface area contributed by atoms with Crippen LogP contribution in [0.2, 0.25) is 0 Å². The predicted octanol–water partition coefficient (Wildman–Crippen LogP) is 2.49. The lowest BCUT2D eigenvalue weighted by Crippen LogP contribution is -2.28. The summed E-state index contributed by atoms with van der Waals surface area (Å²) >= 11 is 0. The number of nitrogens with one attached hydrogen (secondary N) is 1. The standard InChI is InChI=1S/C15H18N4O/c1-4-17-14-10-16-9-12(18-14)15(20)19(3)13-8-6-5-7-11(13)2/h5-10H,4H2,1-3H3,(H,17,18). The molecule has 0 aliphatic carbocycles. The van der Waals surface area contributed by atoms with Crippen LogP contribution in [0.5, 0.6) is 0 Å². The molecule has 0 atom stereocenters. The maximum absolute atomic E-state index is 12.4. The van der Waals surface area contributed by atoms with E-state index in [9.17, 15) is 4.79 Å². The van der Waals surface area contributed by atoms with Crippen LogP contribution in [-0.2, 0) is 0 Å². The van der Waals surface area contributed by atoms with E-state index in [4.69, 9.17) is 0 Å². The topological polar surface area (TPSA) is 58.1 Å². The number of benzene rings is 1. The molecule has 2 aromatic rings. The van der Waals surface area contributed by atoms with Crippen molar-refractivity contribution in [1.82, 2.24) is 9.97 Å². The van der Waals surface area contributed by atoms with Crippen LogP contribution in [0.4, 0.5) is 11.5 Å². The fraction of sp³-hybridized carbons (Fsp3) is 0.267. The molecule has 0 unspecified atom stereocenters. The minimum atomic E-state index is -0.174. The highest BCUT2D eigenvalue weighted by Crippen LogP contribution is 2.19. The molecule has 2 rings (SSSR count). The zero-order valence-electron chi connectivity index (χ0n) is 11.9. The number of rotatable bonds is 4. The quantitative estimate of drug-likeness (QED) is 0.927. The highest BCUT2D eigenvalue weighted by Gasteiger charge is 2.16. The first-order valence-electron chi connectivity index (χ1n) is 6.53. The van der Waals surface area contributed by atoms with Crippen molar-refractivity contribution in [2.45, 2.75) is 13.8 Å². The molecule has 5 nitrogen and oxygen atoms in total. The van der Waals surface area contributed by atoms with Gasteiger partial charge in [-0.3, -0.25) is 9.78 Å². The highest BCUT2D eigenvalue weighted by molar-refractivity contribution is 6.04. The number of anilines is 2. The van der Waals surface area contributed by atoms with Gasteiger partial charge in [0.05, 0.1) is 12.4 Å². The molecule has 0 radical (unpaired) electrons. The number of hydrogen-bond donors (Lipinski definition) is 1. The normalized spacial score (nSPS) is 10.2. The van der Waals surface area contributed by atoms with E-state index in [0.717, 1.165) is 17.8 Å². The van der Waals surface area contributed by atoms with Crippen molar-refractivity contribution < 1.29 is 4.79 Å². The van der Waals surface area contributed by atoms with Crippen LogP contribution >= 0.6 is 0 Å². The first kappa shape index (κ1) is 14.0. The second-order valence-corrected chi connectivity index (χ2v) is 4.47. The molecule has 0 fully saturated rings. The molecule has 0 spiro atoms. The SMILES string of the molecule is CCNc1cncc(C(=O)N(C)c2ccccc2C)n1. The molecule has 1 amide bonds. The third kappa shape index (κ3) is 2.93. The number of aryl methyl sites for hydroxylation is 1. The maximum Gasteiger partial charge on any atom is 0.278 e. The number of para-hydroxylation sites is 1. The first-order valence-corrected chi connectivity index (χ1v) is 6.53. The van der Waals surface area contributed by atoms with Crippen molar-refractivity contribution >= 4 is 17.4 Å². The van der Waals surface area contributed by atoms with Gasteiger partial charge in [-0.05, 0) is 25.5 Å². The number of amides is 1. The van der Waals surface area contributed by atoms with Crippen molar-refractivity contribution in [3.05, 3.63) is 47.9 Å². The van der Waals surface area contributed by atoms with Gasteiger partial charge in [-0.25, -0.2) is 4.98 Å². The van der Waals surface area contributed by atoms with Gasteiger partial charge in [0.15, 0.2) is 0 Å². The zero-order valence-corrected chi connectivity index (χ0v) is 11.9. The van der Waals surface area contributed by atoms with Crippen LogP contribution in [0.25, 0.3) is 0 Å². The Kier molecular flexibility index (Phi) is 4.30. The molecule has 104 valence electrons. The summed E-state index contributed by atoms with van der Waals surface area (Å²) in [5.41, 5.74) is 2.24. The smallest absolute Gasteiger partial charge is 0.278 e. The monoisotopic (exact) mass is 270 g/mol. The van der Waals surface area contributed by atoms with E-state index < -0.39 is 0 Å². The molecular weight excluding hydrogens is 252 g/mol. The Bertz CT molecular complexity index is 612. The van der Waals surface area contributed by atoms with Gasteiger partial charge in [0.25, 0.3) is 5.91 Å². The molecular formula is C15H18N4O. The van der Waals surface area contributed by atoms with Crippen molar-refractivity contribution in [2.24, 2.45) is 0 Å². The molecule has 0 aliphatic rings. The van der Waals surface area contributed by atoms with Crippen molar-refractivity contribution in [1.29, 1.82) is 0 Å². The van der Waals surface area contributed by atoms with E-state index in [0.29, 0.717) is 11.5 Å². The zero-order chi connectivity index (χ0) is 14.5. The molecule has 0 aliphatic heterocycles. The second-order valence-electron chi connectivity index (χ2n) is 4.47. The minimum Gasteiger partial charge on any atom is -0.369 e. The first-order chi connectivity index (χ1) is 9.63. The van der Waals surface area contributed by atoms with Crippen LogP contribution in [0.15, 0.2) is 36.7 Å². The summed E-state index contributed by atoms with van der Waals surface area (Å²) < 4.78 is 0. The van der Waals surface area contributed by atoms with E-state index in [2.05, 4.69) is 15.3 Å². The third-order valence-corrected chi connectivity index (χ3v) is 2.99. The van der Waals surface area contributed by atoms with Gasteiger partial charge in [-0.2, -0.15) is 0 Å². The molecule has 0 saturated heterocycles. The Morgan fingerprint density at radius 2 is 2.05 bits per heavy atom. The Morgan fingerprint density at radius 3 is 2.75 bits per heavy atom. The summed E-state index contributed by atoms with van der Waals surface area (Å²) in [6.07, 6.45) is 3.09. The Balaban J connectivity index is 2.27. The highest BCUT2D eigenvalue weighted by atomic mass is 16.2. The summed E-state index contributed by atoms with van der Waals surface area (Å²) in [6, 6.07) is 7.74. The summed E-state index contributed by atoms with van der Waals surface area (Å²) in [4.78, 5) is 22.4. The minimum absolute atomic E-state index is 0.174. The van der Waals surface area contributed by atoms with E-state index in [-0.39, 0.29) is 5.91 Å². The molecule has 1 aromatic carbocycles. The van der Waals surface area contributed by atoms with Gasteiger partial charge < -0.3 is 10.2 Å². The lowest BCUT2D eigenvalue weighted by Gasteiger charge is -2.19. The molecule has 0 saturated carbocycles.